The van der Waals surface area contributed by atoms with E-state index in [1.165, 1.54) is 12.1 Å². The van der Waals surface area contributed by atoms with Crippen molar-refractivity contribution >= 4 is 11.6 Å². The van der Waals surface area contributed by atoms with Gasteiger partial charge in [0.2, 0.25) is 5.91 Å². The molecule has 2 aromatic carbocycles. The van der Waals surface area contributed by atoms with Gasteiger partial charge in [-0.3, -0.25) is 4.79 Å². The summed E-state index contributed by atoms with van der Waals surface area (Å²) in [6, 6.07) is 15.6. The summed E-state index contributed by atoms with van der Waals surface area (Å²) in [6.45, 7) is 0. The summed E-state index contributed by atoms with van der Waals surface area (Å²) >= 11 is 0. The fraction of sp³-hybridized carbons (Fsp3) is 0.278. The van der Waals surface area contributed by atoms with E-state index in [1.54, 1.807) is 17.0 Å². The van der Waals surface area contributed by atoms with Gasteiger partial charge in [-0.15, -0.1) is 0 Å². The summed E-state index contributed by atoms with van der Waals surface area (Å²) < 4.78 is 12.9. The summed E-state index contributed by atoms with van der Waals surface area (Å²) in [4.78, 5) is 13.6. The molecule has 3 rings (SSSR count). The maximum atomic E-state index is 12.9. The first-order valence-electron chi connectivity index (χ1n) is 7.46. The number of rotatable bonds is 5. The van der Waals surface area contributed by atoms with Crippen LogP contribution in [0.2, 0.25) is 0 Å². The van der Waals surface area contributed by atoms with E-state index in [1.807, 2.05) is 30.3 Å². The Balaban J connectivity index is 1.59. The van der Waals surface area contributed by atoms with Crippen LogP contribution < -0.4 is 4.90 Å². The van der Waals surface area contributed by atoms with E-state index in [2.05, 4.69) is 0 Å². The molecule has 0 aliphatic carbocycles. The zero-order valence-corrected chi connectivity index (χ0v) is 12.2. The maximum Gasteiger partial charge on any atom is 0.229 e. The minimum absolute atomic E-state index is 0.118. The van der Waals surface area contributed by atoms with Crippen LogP contribution in [-0.4, -0.2) is 17.1 Å². The molecule has 1 N–H and O–H groups in total. The van der Waals surface area contributed by atoms with Gasteiger partial charge >= 0.3 is 0 Å². The van der Waals surface area contributed by atoms with Crippen LogP contribution in [0, 0.1) is 5.82 Å². The molecule has 0 bridgehead atoms. The number of para-hydroxylation sites is 1. The number of carbonyl (C=O) groups is 1. The summed E-state index contributed by atoms with van der Waals surface area (Å²) in [7, 11) is 0. The second kappa shape index (κ2) is 6.28. The minimum Gasteiger partial charge on any atom is -0.388 e. The highest BCUT2D eigenvalue weighted by Crippen LogP contribution is 2.32. The van der Waals surface area contributed by atoms with Gasteiger partial charge in [-0.25, -0.2) is 4.39 Å². The van der Waals surface area contributed by atoms with Crippen LogP contribution in [0.15, 0.2) is 54.6 Å². The Kier molecular flexibility index (Phi) is 4.20. The lowest BCUT2D eigenvalue weighted by atomic mass is 9.93. The van der Waals surface area contributed by atoms with E-state index in [-0.39, 0.29) is 17.8 Å². The van der Waals surface area contributed by atoms with Crippen molar-refractivity contribution in [3.63, 3.8) is 0 Å². The van der Waals surface area contributed by atoms with Gasteiger partial charge in [0.15, 0.2) is 0 Å². The largest absolute Gasteiger partial charge is 0.388 e. The Labute approximate surface area is 129 Å². The summed E-state index contributed by atoms with van der Waals surface area (Å²) in [6.07, 6.45) is 1.16. The second-order valence-corrected chi connectivity index (χ2v) is 5.60. The molecule has 0 spiro atoms. The average Bonchev–Trinajstić information content (AvgIpc) is 2.52. The molecule has 1 unspecified atom stereocenters. The van der Waals surface area contributed by atoms with Gasteiger partial charge in [-0.05, 0) is 42.7 Å². The first kappa shape index (κ1) is 14.7. The van der Waals surface area contributed by atoms with E-state index < -0.39 is 6.10 Å². The number of aliphatic hydroxyl groups excluding tert-OH is 1. The Morgan fingerprint density at radius 3 is 2.45 bits per heavy atom. The first-order valence-corrected chi connectivity index (χ1v) is 7.46. The van der Waals surface area contributed by atoms with Crippen molar-refractivity contribution in [1.82, 2.24) is 0 Å². The van der Waals surface area contributed by atoms with E-state index in [4.69, 9.17) is 0 Å². The molecule has 2 atom stereocenters. The Morgan fingerprint density at radius 1 is 1.14 bits per heavy atom. The molecule has 0 saturated carbocycles. The normalized spacial score (nSPS) is 18.9. The summed E-state index contributed by atoms with van der Waals surface area (Å²) in [5.41, 5.74) is 1.61. The number of hydrogen-bond donors (Lipinski definition) is 1. The molecule has 0 radical (unpaired) electrons. The molecule has 0 aromatic heterocycles. The molecule has 1 heterocycles. The van der Waals surface area contributed by atoms with Gasteiger partial charge in [0.25, 0.3) is 0 Å². The molecule has 1 amide bonds. The Hall–Kier alpha value is -2.20. The highest BCUT2D eigenvalue weighted by atomic mass is 19.1. The van der Waals surface area contributed by atoms with Crippen molar-refractivity contribution in [3.8, 4) is 0 Å². The molecule has 114 valence electrons. The van der Waals surface area contributed by atoms with Crippen LogP contribution in [-0.2, 0) is 4.79 Å². The molecule has 1 saturated heterocycles. The van der Waals surface area contributed by atoms with Gasteiger partial charge in [0.05, 0.1) is 6.10 Å². The van der Waals surface area contributed by atoms with Crippen molar-refractivity contribution in [1.29, 1.82) is 0 Å². The highest BCUT2D eigenvalue weighted by molar-refractivity contribution is 6.00. The third-order valence-corrected chi connectivity index (χ3v) is 4.11. The van der Waals surface area contributed by atoms with Crippen LogP contribution in [0.1, 0.15) is 30.9 Å². The first-order chi connectivity index (χ1) is 10.6. The third kappa shape index (κ3) is 3.02. The number of hydrogen-bond acceptors (Lipinski definition) is 2. The molecule has 3 nitrogen and oxygen atoms in total. The number of β-lactam (4-membered cyclic amide) rings is 1. The van der Waals surface area contributed by atoms with Crippen molar-refractivity contribution in [3.05, 3.63) is 66.0 Å². The van der Waals surface area contributed by atoms with E-state index in [0.717, 1.165) is 12.1 Å². The fourth-order valence-corrected chi connectivity index (χ4v) is 2.86. The zero-order valence-electron chi connectivity index (χ0n) is 12.2. The predicted octanol–water partition coefficient (Wildman–Crippen LogP) is 3.44. The topological polar surface area (TPSA) is 40.5 Å². The molecule has 2 aromatic rings. The van der Waals surface area contributed by atoms with E-state index in [0.29, 0.717) is 18.4 Å². The molecular formula is C18H18FNO2. The van der Waals surface area contributed by atoms with Crippen LogP contribution in [0.4, 0.5) is 10.1 Å². The SMILES string of the molecule is O=C1CC(CC[C@H](O)c2ccc(F)cc2)N1c1ccccc1. The molecule has 1 aliphatic rings. The number of nitrogens with zero attached hydrogens (tertiary/aromatic N) is 1. The standard InChI is InChI=1S/C18H18FNO2/c19-14-8-6-13(7-9-14)17(21)11-10-16-12-18(22)20(16)15-4-2-1-3-5-15/h1-9,16-17,21H,10-12H2/t16?,17-/m0/s1. The van der Waals surface area contributed by atoms with Crippen LogP contribution in [0.5, 0.6) is 0 Å². The zero-order chi connectivity index (χ0) is 15.5. The molecular weight excluding hydrogens is 281 g/mol. The lowest BCUT2D eigenvalue weighted by Crippen LogP contribution is -2.52. The van der Waals surface area contributed by atoms with Gasteiger partial charge in [0, 0.05) is 18.2 Å². The van der Waals surface area contributed by atoms with Crippen molar-refractivity contribution < 1.29 is 14.3 Å². The Morgan fingerprint density at radius 2 is 1.82 bits per heavy atom. The predicted molar refractivity (Wildman–Crippen MR) is 82.9 cm³/mol. The van der Waals surface area contributed by atoms with E-state index >= 15 is 0 Å². The quantitative estimate of drug-likeness (QED) is 0.859. The van der Waals surface area contributed by atoms with Crippen molar-refractivity contribution in [2.75, 3.05) is 4.90 Å². The number of halogens is 1. The van der Waals surface area contributed by atoms with Crippen LogP contribution in [0.3, 0.4) is 0 Å². The van der Waals surface area contributed by atoms with Gasteiger partial charge in [-0.1, -0.05) is 30.3 Å². The summed E-state index contributed by atoms with van der Waals surface area (Å²) in [5.74, 6) is -0.191. The number of carbonyl (C=O) groups excluding carboxylic acids is 1. The number of amides is 1. The van der Waals surface area contributed by atoms with E-state index in [9.17, 15) is 14.3 Å². The lowest BCUT2D eigenvalue weighted by molar-refractivity contribution is -0.124. The van der Waals surface area contributed by atoms with Crippen molar-refractivity contribution in [2.45, 2.75) is 31.4 Å². The average molecular weight is 299 g/mol. The molecule has 4 heteroatoms. The number of aliphatic hydroxyl groups is 1. The van der Waals surface area contributed by atoms with Gasteiger partial charge in [-0.2, -0.15) is 0 Å². The summed E-state index contributed by atoms with van der Waals surface area (Å²) in [5, 5.41) is 10.2. The third-order valence-electron chi connectivity index (χ3n) is 4.11. The molecule has 1 aliphatic heterocycles. The Bertz CT molecular complexity index is 642. The molecule has 22 heavy (non-hydrogen) atoms. The maximum absolute atomic E-state index is 12.9. The minimum atomic E-state index is -0.631. The molecule has 1 fully saturated rings. The number of benzene rings is 2. The lowest BCUT2D eigenvalue weighted by Gasteiger charge is -2.41. The second-order valence-electron chi connectivity index (χ2n) is 5.60. The highest BCUT2D eigenvalue weighted by Gasteiger charge is 2.36. The smallest absolute Gasteiger partial charge is 0.229 e. The van der Waals surface area contributed by atoms with Crippen molar-refractivity contribution in [2.24, 2.45) is 0 Å². The number of anilines is 1. The van der Waals surface area contributed by atoms with Gasteiger partial charge in [0.1, 0.15) is 5.82 Å². The monoisotopic (exact) mass is 299 g/mol. The fourth-order valence-electron chi connectivity index (χ4n) is 2.86. The van der Waals surface area contributed by atoms with Crippen LogP contribution >= 0.6 is 0 Å². The van der Waals surface area contributed by atoms with Crippen LogP contribution in [0.25, 0.3) is 0 Å². The van der Waals surface area contributed by atoms with Gasteiger partial charge < -0.3 is 10.0 Å².